The number of carbonyl (C=O) groups excluding carboxylic acids is 1. The van der Waals surface area contributed by atoms with Gasteiger partial charge < -0.3 is 9.32 Å². The first-order valence-corrected chi connectivity index (χ1v) is 9.37. The number of carbonyl (C=O) groups is 1. The van der Waals surface area contributed by atoms with Crippen molar-refractivity contribution >= 4 is 17.7 Å². The van der Waals surface area contributed by atoms with Crippen LogP contribution in [0.4, 0.5) is 0 Å². The lowest BCUT2D eigenvalue weighted by molar-refractivity contribution is -0.128. The summed E-state index contributed by atoms with van der Waals surface area (Å²) >= 11 is 1.26. The van der Waals surface area contributed by atoms with Gasteiger partial charge in [0.05, 0.1) is 11.8 Å². The SMILES string of the molecule is Cc1ccccc1-c1nnc(SCC(=O)N(C)[C@@H](C)c2ccccc2)o1. The first kappa shape index (κ1) is 18.2. The molecule has 26 heavy (non-hydrogen) atoms. The quantitative estimate of drug-likeness (QED) is 0.606. The second-order valence-corrected chi connectivity index (χ2v) is 6.99. The lowest BCUT2D eigenvalue weighted by Gasteiger charge is -2.25. The van der Waals surface area contributed by atoms with Gasteiger partial charge in [0.1, 0.15) is 0 Å². The maximum Gasteiger partial charge on any atom is 0.277 e. The summed E-state index contributed by atoms with van der Waals surface area (Å²) in [5, 5.41) is 8.53. The minimum absolute atomic E-state index is 0.00881. The molecule has 1 atom stereocenters. The predicted molar refractivity (Wildman–Crippen MR) is 103 cm³/mol. The normalized spacial score (nSPS) is 12.0. The van der Waals surface area contributed by atoms with E-state index in [9.17, 15) is 4.79 Å². The molecule has 0 aliphatic heterocycles. The van der Waals surface area contributed by atoms with Crippen molar-refractivity contribution in [2.24, 2.45) is 0 Å². The second kappa shape index (κ2) is 8.19. The van der Waals surface area contributed by atoms with Crippen molar-refractivity contribution in [2.75, 3.05) is 12.8 Å². The Labute approximate surface area is 157 Å². The van der Waals surface area contributed by atoms with E-state index in [1.54, 1.807) is 4.90 Å². The van der Waals surface area contributed by atoms with E-state index in [0.29, 0.717) is 11.1 Å². The van der Waals surface area contributed by atoms with Crippen LogP contribution in [0, 0.1) is 6.92 Å². The molecule has 6 heteroatoms. The highest BCUT2D eigenvalue weighted by molar-refractivity contribution is 7.99. The van der Waals surface area contributed by atoms with Crippen molar-refractivity contribution in [3.63, 3.8) is 0 Å². The Morgan fingerprint density at radius 1 is 1.12 bits per heavy atom. The molecule has 3 rings (SSSR count). The first-order chi connectivity index (χ1) is 12.6. The molecule has 0 bridgehead atoms. The average Bonchev–Trinajstić information content (AvgIpc) is 3.14. The molecular weight excluding hydrogens is 346 g/mol. The number of benzene rings is 2. The molecule has 5 nitrogen and oxygen atoms in total. The van der Waals surface area contributed by atoms with Gasteiger partial charge in [0.25, 0.3) is 5.22 Å². The summed E-state index contributed by atoms with van der Waals surface area (Å²) in [4.78, 5) is 14.2. The van der Waals surface area contributed by atoms with Crippen LogP contribution in [0.1, 0.15) is 24.1 Å². The van der Waals surface area contributed by atoms with Crippen LogP contribution in [0.25, 0.3) is 11.5 Å². The smallest absolute Gasteiger partial charge is 0.277 e. The first-order valence-electron chi connectivity index (χ1n) is 8.39. The molecule has 0 saturated carbocycles. The molecule has 0 fully saturated rings. The molecule has 134 valence electrons. The van der Waals surface area contributed by atoms with Crippen molar-refractivity contribution in [1.82, 2.24) is 15.1 Å². The Kier molecular flexibility index (Phi) is 5.73. The largest absolute Gasteiger partial charge is 0.411 e. The zero-order valence-corrected chi connectivity index (χ0v) is 15.9. The molecule has 0 N–H and O–H groups in total. The van der Waals surface area contributed by atoms with E-state index in [-0.39, 0.29) is 17.7 Å². The Balaban J connectivity index is 1.61. The van der Waals surface area contributed by atoms with Crippen molar-refractivity contribution in [3.05, 3.63) is 65.7 Å². The molecule has 0 saturated heterocycles. The van der Waals surface area contributed by atoms with Crippen molar-refractivity contribution < 1.29 is 9.21 Å². The van der Waals surface area contributed by atoms with Crippen molar-refractivity contribution in [3.8, 4) is 11.5 Å². The number of hydrogen-bond donors (Lipinski definition) is 0. The summed E-state index contributed by atoms with van der Waals surface area (Å²) in [6.07, 6.45) is 0. The van der Waals surface area contributed by atoms with E-state index in [1.165, 1.54) is 11.8 Å². The molecular formula is C20H21N3O2S. The Morgan fingerprint density at radius 3 is 2.54 bits per heavy atom. The fraction of sp³-hybridized carbons (Fsp3) is 0.250. The third kappa shape index (κ3) is 4.14. The summed E-state index contributed by atoms with van der Waals surface area (Å²) in [5.74, 6) is 0.745. The van der Waals surface area contributed by atoms with E-state index in [0.717, 1.165) is 16.7 Å². The van der Waals surface area contributed by atoms with Crippen LogP contribution < -0.4 is 0 Å². The van der Waals surface area contributed by atoms with Crippen molar-refractivity contribution in [1.29, 1.82) is 0 Å². The van der Waals surface area contributed by atoms with Gasteiger partial charge in [-0.2, -0.15) is 0 Å². The Morgan fingerprint density at radius 2 is 1.81 bits per heavy atom. The summed E-state index contributed by atoms with van der Waals surface area (Å²) in [7, 11) is 1.81. The van der Waals surface area contributed by atoms with Crippen LogP contribution in [0.5, 0.6) is 0 Å². The maximum atomic E-state index is 12.5. The van der Waals surface area contributed by atoms with Gasteiger partial charge in [0.15, 0.2) is 0 Å². The number of amides is 1. The van der Waals surface area contributed by atoms with Crippen LogP contribution in [-0.2, 0) is 4.79 Å². The lowest BCUT2D eigenvalue weighted by Crippen LogP contribution is -2.31. The predicted octanol–water partition coefficient (Wildman–Crippen LogP) is 4.36. The van der Waals surface area contributed by atoms with Crippen LogP contribution in [0.2, 0.25) is 0 Å². The Hall–Kier alpha value is -2.60. The summed E-state index contributed by atoms with van der Waals surface area (Å²) in [5.41, 5.74) is 3.08. The molecule has 0 radical (unpaired) electrons. The average molecular weight is 367 g/mol. The van der Waals surface area contributed by atoms with Gasteiger partial charge in [-0.1, -0.05) is 60.3 Å². The second-order valence-electron chi connectivity index (χ2n) is 6.07. The van der Waals surface area contributed by atoms with Gasteiger partial charge in [0, 0.05) is 12.6 Å². The molecule has 0 aliphatic rings. The molecule has 0 spiro atoms. The van der Waals surface area contributed by atoms with Gasteiger partial charge in [-0.3, -0.25) is 4.79 Å². The number of thioether (sulfide) groups is 1. The Bertz CT molecular complexity index is 880. The zero-order valence-electron chi connectivity index (χ0n) is 15.0. The fourth-order valence-electron chi connectivity index (χ4n) is 2.59. The number of nitrogens with zero attached hydrogens (tertiary/aromatic N) is 3. The third-order valence-corrected chi connectivity index (χ3v) is 5.16. The minimum Gasteiger partial charge on any atom is -0.411 e. The summed E-state index contributed by atoms with van der Waals surface area (Å²) in [6.45, 7) is 4.01. The van der Waals surface area contributed by atoms with Gasteiger partial charge >= 0.3 is 0 Å². The zero-order chi connectivity index (χ0) is 18.5. The molecule has 1 heterocycles. The monoisotopic (exact) mass is 367 g/mol. The molecule has 1 amide bonds. The lowest BCUT2D eigenvalue weighted by atomic mass is 10.1. The van der Waals surface area contributed by atoms with Crippen LogP contribution >= 0.6 is 11.8 Å². The number of aryl methyl sites for hydroxylation is 1. The van der Waals surface area contributed by atoms with Crippen LogP contribution in [-0.4, -0.2) is 33.8 Å². The topological polar surface area (TPSA) is 59.2 Å². The maximum absolute atomic E-state index is 12.5. The van der Waals surface area contributed by atoms with Gasteiger partial charge in [-0.15, -0.1) is 10.2 Å². The van der Waals surface area contributed by atoms with Crippen molar-refractivity contribution in [2.45, 2.75) is 25.1 Å². The highest BCUT2D eigenvalue weighted by Gasteiger charge is 2.19. The number of rotatable bonds is 6. The van der Waals surface area contributed by atoms with E-state index in [2.05, 4.69) is 10.2 Å². The third-order valence-electron chi connectivity index (χ3n) is 4.36. The highest BCUT2D eigenvalue weighted by Crippen LogP contribution is 2.26. The summed E-state index contributed by atoms with van der Waals surface area (Å²) < 4.78 is 5.70. The molecule has 2 aromatic carbocycles. The van der Waals surface area contributed by atoms with Gasteiger partial charge in [0.2, 0.25) is 11.8 Å². The van der Waals surface area contributed by atoms with Crippen LogP contribution in [0.3, 0.4) is 0 Å². The minimum atomic E-state index is 0.00881. The van der Waals surface area contributed by atoms with E-state index in [1.807, 2.05) is 75.5 Å². The van der Waals surface area contributed by atoms with Gasteiger partial charge in [-0.25, -0.2) is 0 Å². The van der Waals surface area contributed by atoms with Gasteiger partial charge in [-0.05, 0) is 31.0 Å². The number of aromatic nitrogens is 2. The van der Waals surface area contributed by atoms with E-state index in [4.69, 9.17) is 4.42 Å². The fourth-order valence-corrected chi connectivity index (χ4v) is 3.27. The highest BCUT2D eigenvalue weighted by atomic mass is 32.2. The standard InChI is InChI=1S/C20H21N3O2S/c1-14-9-7-8-12-17(14)19-21-22-20(25-19)26-13-18(24)23(3)15(2)16-10-5-4-6-11-16/h4-12,15H,13H2,1-3H3/t15-/m0/s1. The molecule has 1 aromatic heterocycles. The van der Waals surface area contributed by atoms with Crippen LogP contribution in [0.15, 0.2) is 64.2 Å². The molecule has 3 aromatic rings. The molecule has 0 unspecified atom stereocenters. The number of hydrogen-bond acceptors (Lipinski definition) is 5. The van der Waals surface area contributed by atoms with E-state index < -0.39 is 0 Å². The summed E-state index contributed by atoms with van der Waals surface area (Å²) in [6, 6.07) is 17.8. The van der Waals surface area contributed by atoms with E-state index >= 15 is 0 Å². The molecule has 0 aliphatic carbocycles.